The van der Waals surface area contributed by atoms with Crippen molar-refractivity contribution < 1.29 is 14.4 Å². The standard InChI is InChI=1S/C20H15N3O3S/c24-19(17-12-26-18-4-2-1-3-16(17)18)23-20-21-11-15(27-20)9-13-5-7-14(8-6-13)10-22-25/h1-8,10-12,25H,9H2,(H,21,23,24)/b22-10+. The lowest BCUT2D eigenvalue weighted by Gasteiger charge is -2.00. The van der Waals surface area contributed by atoms with Gasteiger partial charge in [-0.1, -0.05) is 47.6 Å². The number of aromatic nitrogens is 1. The third-order valence-corrected chi connectivity index (χ3v) is 4.98. The Bertz CT molecular complexity index is 1110. The van der Waals surface area contributed by atoms with Crippen LogP contribution in [0.5, 0.6) is 0 Å². The second-order valence-electron chi connectivity index (χ2n) is 5.89. The van der Waals surface area contributed by atoms with Crippen molar-refractivity contribution in [1.82, 2.24) is 4.98 Å². The molecule has 1 amide bonds. The molecule has 0 aliphatic heterocycles. The number of carbonyl (C=O) groups excluding carboxylic acids is 1. The fourth-order valence-electron chi connectivity index (χ4n) is 2.75. The van der Waals surface area contributed by atoms with Crippen molar-refractivity contribution in [1.29, 1.82) is 0 Å². The normalized spacial score (nSPS) is 11.3. The molecule has 4 rings (SSSR count). The van der Waals surface area contributed by atoms with Gasteiger partial charge in [0.1, 0.15) is 11.8 Å². The quantitative estimate of drug-likeness (QED) is 0.304. The number of anilines is 1. The van der Waals surface area contributed by atoms with E-state index in [1.165, 1.54) is 23.8 Å². The molecule has 0 aliphatic rings. The third-order valence-electron chi connectivity index (χ3n) is 4.06. The minimum Gasteiger partial charge on any atom is -0.463 e. The SMILES string of the molecule is O=C(Nc1ncc(Cc2ccc(/C=N/O)cc2)s1)c1coc2ccccc12. The Balaban J connectivity index is 1.45. The fraction of sp³-hybridized carbons (Fsp3) is 0.0500. The van der Waals surface area contributed by atoms with Crippen LogP contribution in [0.3, 0.4) is 0 Å². The first kappa shape index (κ1) is 17.0. The van der Waals surface area contributed by atoms with Gasteiger partial charge >= 0.3 is 0 Å². The Hall–Kier alpha value is -3.45. The highest BCUT2D eigenvalue weighted by molar-refractivity contribution is 7.15. The molecule has 0 unspecified atom stereocenters. The molecular weight excluding hydrogens is 362 g/mol. The maximum atomic E-state index is 12.5. The van der Waals surface area contributed by atoms with Crippen LogP contribution in [-0.2, 0) is 6.42 Å². The van der Waals surface area contributed by atoms with Gasteiger partial charge in [-0.05, 0) is 17.2 Å². The molecule has 2 heterocycles. The van der Waals surface area contributed by atoms with E-state index < -0.39 is 0 Å². The summed E-state index contributed by atoms with van der Waals surface area (Å²) in [7, 11) is 0. The molecule has 0 saturated carbocycles. The molecule has 2 N–H and O–H groups in total. The number of carbonyl (C=O) groups is 1. The van der Waals surface area contributed by atoms with Gasteiger partial charge < -0.3 is 9.62 Å². The number of hydrogen-bond donors (Lipinski definition) is 2. The summed E-state index contributed by atoms with van der Waals surface area (Å²) in [5, 5.41) is 15.7. The number of furan rings is 1. The van der Waals surface area contributed by atoms with Gasteiger partial charge in [-0.2, -0.15) is 0 Å². The van der Waals surface area contributed by atoms with E-state index in [1.54, 1.807) is 6.20 Å². The van der Waals surface area contributed by atoms with Crippen LogP contribution in [0.2, 0.25) is 0 Å². The number of para-hydroxylation sites is 1. The van der Waals surface area contributed by atoms with Gasteiger partial charge in [0, 0.05) is 22.9 Å². The van der Waals surface area contributed by atoms with Gasteiger partial charge in [0.25, 0.3) is 5.91 Å². The van der Waals surface area contributed by atoms with Gasteiger partial charge in [-0.3, -0.25) is 10.1 Å². The predicted octanol–water partition coefficient (Wildman–Crippen LogP) is 4.54. The van der Waals surface area contributed by atoms with E-state index in [2.05, 4.69) is 15.5 Å². The predicted molar refractivity (Wildman–Crippen MR) is 105 cm³/mol. The molecule has 0 aliphatic carbocycles. The van der Waals surface area contributed by atoms with E-state index in [4.69, 9.17) is 9.62 Å². The number of amides is 1. The number of hydrogen-bond acceptors (Lipinski definition) is 6. The summed E-state index contributed by atoms with van der Waals surface area (Å²) in [6.45, 7) is 0. The second kappa shape index (κ2) is 7.43. The highest BCUT2D eigenvalue weighted by atomic mass is 32.1. The first-order valence-electron chi connectivity index (χ1n) is 8.21. The van der Waals surface area contributed by atoms with Crippen molar-refractivity contribution in [2.45, 2.75) is 6.42 Å². The van der Waals surface area contributed by atoms with Crippen molar-refractivity contribution in [3.63, 3.8) is 0 Å². The van der Waals surface area contributed by atoms with E-state index in [0.29, 0.717) is 22.7 Å². The summed E-state index contributed by atoms with van der Waals surface area (Å²) in [6, 6.07) is 15.1. The maximum Gasteiger partial charge on any atom is 0.261 e. The smallest absolute Gasteiger partial charge is 0.261 e. The van der Waals surface area contributed by atoms with Gasteiger partial charge in [0.15, 0.2) is 5.13 Å². The van der Waals surface area contributed by atoms with Crippen molar-refractivity contribution in [2.24, 2.45) is 5.16 Å². The Morgan fingerprint density at radius 1 is 1.22 bits per heavy atom. The van der Waals surface area contributed by atoms with Crippen molar-refractivity contribution >= 4 is 39.6 Å². The van der Waals surface area contributed by atoms with Crippen molar-refractivity contribution in [3.05, 3.63) is 82.6 Å². The first-order valence-corrected chi connectivity index (χ1v) is 9.03. The summed E-state index contributed by atoms with van der Waals surface area (Å²) >= 11 is 1.43. The number of nitrogens with zero attached hydrogens (tertiary/aromatic N) is 2. The van der Waals surface area contributed by atoms with Gasteiger partial charge in [0.2, 0.25) is 0 Å². The number of oxime groups is 1. The zero-order valence-electron chi connectivity index (χ0n) is 14.1. The zero-order chi connectivity index (χ0) is 18.6. The average Bonchev–Trinajstić information content (AvgIpc) is 3.30. The summed E-state index contributed by atoms with van der Waals surface area (Å²) in [5.74, 6) is -0.242. The van der Waals surface area contributed by atoms with Crippen LogP contribution in [0.1, 0.15) is 26.4 Å². The van der Waals surface area contributed by atoms with Crippen LogP contribution in [0.25, 0.3) is 11.0 Å². The molecule has 2 aromatic carbocycles. The second-order valence-corrected chi connectivity index (χ2v) is 7.01. The number of benzene rings is 2. The summed E-state index contributed by atoms with van der Waals surface area (Å²) in [5.41, 5.74) is 3.10. The van der Waals surface area contributed by atoms with Gasteiger partial charge in [0.05, 0.1) is 11.8 Å². The highest BCUT2D eigenvalue weighted by Crippen LogP contribution is 2.25. The van der Waals surface area contributed by atoms with Crippen LogP contribution in [0.15, 0.2) is 70.6 Å². The van der Waals surface area contributed by atoms with E-state index in [1.807, 2.05) is 48.5 Å². The molecule has 0 atom stereocenters. The highest BCUT2D eigenvalue weighted by Gasteiger charge is 2.15. The molecule has 134 valence electrons. The lowest BCUT2D eigenvalue weighted by molar-refractivity contribution is 0.102. The minimum absolute atomic E-state index is 0.242. The summed E-state index contributed by atoms with van der Waals surface area (Å²) < 4.78 is 5.42. The number of rotatable bonds is 5. The average molecular weight is 377 g/mol. The van der Waals surface area contributed by atoms with E-state index in [9.17, 15) is 4.79 Å². The molecule has 7 heteroatoms. The lowest BCUT2D eigenvalue weighted by atomic mass is 10.1. The largest absolute Gasteiger partial charge is 0.463 e. The Morgan fingerprint density at radius 3 is 2.85 bits per heavy atom. The van der Waals surface area contributed by atoms with Crippen LogP contribution in [0.4, 0.5) is 5.13 Å². The van der Waals surface area contributed by atoms with Gasteiger partial charge in [-0.15, -0.1) is 11.3 Å². The molecule has 0 fully saturated rings. The zero-order valence-corrected chi connectivity index (χ0v) is 14.9. The molecule has 0 bridgehead atoms. The minimum atomic E-state index is -0.242. The molecule has 4 aromatic rings. The van der Waals surface area contributed by atoms with Gasteiger partial charge in [-0.25, -0.2) is 4.98 Å². The monoisotopic (exact) mass is 377 g/mol. The van der Waals surface area contributed by atoms with Crippen molar-refractivity contribution in [3.8, 4) is 0 Å². The fourth-order valence-corrected chi connectivity index (χ4v) is 3.60. The van der Waals surface area contributed by atoms with Crippen LogP contribution < -0.4 is 5.32 Å². The number of nitrogens with one attached hydrogen (secondary N) is 1. The number of fused-ring (bicyclic) bond motifs is 1. The lowest BCUT2D eigenvalue weighted by Crippen LogP contribution is -2.10. The Kier molecular flexibility index (Phi) is 4.67. The Morgan fingerprint density at radius 2 is 2.04 bits per heavy atom. The molecule has 6 nitrogen and oxygen atoms in total. The molecular formula is C20H15N3O3S. The molecule has 0 spiro atoms. The van der Waals surface area contributed by atoms with Crippen LogP contribution in [0, 0.1) is 0 Å². The van der Waals surface area contributed by atoms with E-state index in [0.717, 1.165) is 21.4 Å². The third kappa shape index (κ3) is 3.73. The first-order chi connectivity index (χ1) is 13.2. The molecule has 0 saturated heterocycles. The molecule has 2 aromatic heterocycles. The topological polar surface area (TPSA) is 87.7 Å². The Labute approximate surface area is 158 Å². The molecule has 0 radical (unpaired) electrons. The van der Waals surface area contributed by atoms with Crippen LogP contribution in [-0.4, -0.2) is 22.3 Å². The molecule has 27 heavy (non-hydrogen) atoms. The van der Waals surface area contributed by atoms with Crippen molar-refractivity contribution in [2.75, 3.05) is 5.32 Å². The van der Waals surface area contributed by atoms with E-state index in [-0.39, 0.29) is 5.91 Å². The van der Waals surface area contributed by atoms with Crippen LogP contribution >= 0.6 is 11.3 Å². The number of thiazole rings is 1. The summed E-state index contributed by atoms with van der Waals surface area (Å²) in [6.07, 6.45) is 5.31. The maximum absolute atomic E-state index is 12.5. The summed E-state index contributed by atoms with van der Waals surface area (Å²) in [4.78, 5) is 17.8. The van der Waals surface area contributed by atoms with E-state index >= 15 is 0 Å².